The van der Waals surface area contributed by atoms with Crippen LogP contribution in [0.15, 0.2) is 22.4 Å². The summed E-state index contributed by atoms with van der Waals surface area (Å²) in [6, 6.07) is 0.888. The molecule has 0 saturated heterocycles. The number of carbonyl (C=O) groups excluding carboxylic acids is 1. The van der Waals surface area contributed by atoms with Crippen molar-refractivity contribution in [3.05, 3.63) is 33.7 Å². The normalized spacial score (nSPS) is 13.1. The summed E-state index contributed by atoms with van der Waals surface area (Å²) in [6.45, 7) is 0.00377. The predicted octanol–water partition coefficient (Wildman–Crippen LogP) is 2.07. The molecule has 0 radical (unpaired) electrons. The summed E-state index contributed by atoms with van der Waals surface area (Å²) < 4.78 is 41.8. The molecule has 2 heterocycles. The highest BCUT2D eigenvalue weighted by Crippen LogP contribution is 2.14. The molecule has 138 valence electrons. The third-order valence-electron chi connectivity index (χ3n) is 2.88. The van der Waals surface area contributed by atoms with E-state index < -0.39 is 18.8 Å². The van der Waals surface area contributed by atoms with Crippen LogP contribution < -0.4 is 10.9 Å². The van der Waals surface area contributed by atoms with Crippen LogP contribution in [0.1, 0.15) is 12.6 Å². The Hall–Kier alpha value is -1.59. The number of ether oxygens (including phenoxy) is 1. The second kappa shape index (κ2) is 8.68. The Morgan fingerprint density at radius 1 is 1.52 bits per heavy atom. The molecular weight excluding hydrogens is 379 g/mol. The molecule has 0 aromatic carbocycles. The van der Waals surface area contributed by atoms with Gasteiger partial charge in [0.1, 0.15) is 6.61 Å². The van der Waals surface area contributed by atoms with Gasteiger partial charge in [0.05, 0.1) is 18.1 Å². The average molecular weight is 395 g/mol. The first-order valence-corrected chi connectivity index (χ1v) is 9.25. The number of halogens is 3. The maximum Gasteiger partial charge on any atom is 0.411 e. The number of rotatable bonds is 8. The van der Waals surface area contributed by atoms with Crippen LogP contribution in [0.4, 0.5) is 13.2 Å². The van der Waals surface area contributed by atoms with Crippen molar-refractivity contribution in [1.82, 2.24) is 14.7 Å². The number of hydrogen-bond donors (Lipinski definition) is 1. The second-order valence-electron chi connectivity index (χ2n) is 5.23. The van der Waals surface area contributed by atoms with E-state index in [9.17, 15) is 22.8 Å². The molecule has 0 aliphatic rings. The van der Waals surface area contributed by atoms with Crippen LogP contribution in [0, 0.1) is 0 Å². The molecule has 2 aromatic heterocycles. The fourth-order valence-electron chi connectivity index (χ4n) is 1.92. The summed E-state index contributed by atoms with van der Waals surface area (Å²) in [5.74, 6) is 0.174. The number of aromatic nitrogens is 2. The monoisotopic (exact) mass is 395 g/mol. The molecule has 1 amide bonds. The molecule has 6 nitrogen and oxygen atoms in total. The lowest BCUT2D eigenvalue weighted by Gasteiger charge is -2.15. The highest BCUT2D eigenvalue weighted by molar-refractivity contribution is 7.99. The molecule has 25 heavy (non-hydrogen) atoms. The highest BCUT2D eigenvalue weighted by atomic mass is 32.2. The van der Waals surface area contributed by atoms with Crippen molar-refractivity contribution in [2.45, 2.75) is 24.9 Å². The van der Waals surface area contributed by atoms with Crippen molar-refractivity contribution >= 4 is 34.0 Å². The SMILES string of the molecule is CC(COCC(F)(F)F)NC(=O)CSCc1cc(=O)n2ccsc2n1. The van der Waals surface area contributed by atoms with E-state index in [0.717, 1.165) is 0 Å². The summed E-state index contributed by atoms with van der Waals surface area (Å²) in [5.41, 5.74) is 0.397. The average Bonchev–Trinajstić information content (AvgIpc) is 2.94. The number of amides is 1. The van der Waals surface area contributed by atoms with E-state index in [-0.39, 0.29) is 23.8 Å². The Balaban J connectivity index is 1.71. The van der Waals surface area contributed by atoms with E-state index in [4.69, 9.17) is 0 Å². The highest BCUT2D eigenvalue weighted by Gasteiger charge is 2.27. The number of fused-ring (bicyclic) bond motifs is 1. The number of alkyl halides is 3. The van der Waals surface area contributed by atoms with Crippen LogP contribution in [-0.4, -0.2) is 46.5 Å². The van der Waals surface area contributed by atoms with Crippen LogP contribution in [0.25, 0.3) is 4.96 Å². The van der Waals surface area contributed by atoms with Gasteiger partial charge in [-0.05, 0) is 6.92 Å². The summed E-state index contributed by atoms with van der Waals surface area (Å²) in [7, 11) is 0. The molecule has 11 heteroatoms. The largest absolute Gasteiger partial charge is 0.411 e. The van der Waals surface area contributed by atoms with Crippen molar-refractivity contribution in [1.29, 1.82) is 0 Å². The predicted molar refractivity (Wildman–Crippen MR) is 90.0 cm³/mol. The topological polar surface area (TPSA) is 72.7 Å². The van der Waals surface area contributed by atoms with Crippen LogP contribution in [0.3, 0.4) is 0 Å². The van der Waals surface area contributed by atoms with Crippen LogP contribution in [0.2, 0.25) is 0 Å². The minimum absolute atomic E-state index is 0.106. The van der Waals surface area contributed by atoms with Crippen LogP contribution in [0.5, 0.6) is 0 Å². The Morgan fingerprint density at radius 3 is 3.00 bits per heavy atom. The third-order valence-corrected chi connectivity index (χ3v) is 4.60. The summed E-state index contributed by atoms with van der Waals surface area (Å²) in [6.07, 6.45) is -2.74. The van der Waals surface area contributed by atoms with Gasteiger partial charge in [0.15, 0.2) is 4.96 Å². The molecule has 2 rings (SSSR count). The summed E-state index contributed by atoms with van der Waals surface area (Å²) >= 11 is 2.61. The van der Waals surface area contributed by atoms with Gasteiger partial charge < -0.3 is 10.1 Å². The zero-order valence-electron chi connectivity index (χ0n) is 13.2. The van der Waals surface area contributed by atoms with E-state index in [1.54, 1.807) is 18.5 Å². The lowest BCUT2D eigenvalue weighted by molar-refractivity contribution is -0.175. The maximum absolute atomic E-state index is 12.0. The lowest BCUT2D eigenvalue weighted by Crippen LogP contribution is -2.37. The van der Waals surface area contributed by atoms with E-state index in [2.05, 4.69) is 15.0 Å². The number of nitrogens with one attached hydrogen (secondary N) is 1. The third kappa shape index (κ3) is 6.67. The fraction of sp³-hybridized carbons (Fsp3) is 0.500. The Bertz CT molecular complexity index is 776. The van der Waals surface area contributed by atoms with E-state index >= 15 is 0 Å². The molecule has 0 aliphatic carbocycles. The van der Waals surface area contributed by atoms with Gasteiger partial charge in [-0.2, -0.15) is 13.2 Å². The first-order chi connectivity index (χ1) is 11.7. The summed E-state index contributed by atoms with van der Waals surface area (Å²) in [5, 5.41) is 4.31. The fourth-order valence-corrected chi connectivity index (χ4v) is 3.39. The van der Waals surface area contributed by atoms with Gasteiger partial charge in [-0.1, -0.05) is 0 Å². The Labute approximate surface area is 149 Å². The molecule has 0 bridgehead atoms. The zero-order valence-corrected chi connectivity index (χ0v) is 14.8. The zero-order chi connectivity index (χ0) is 18.4. The molecule has 0 saturated carbocycles. The Morgan fingerprint density at radius 2 is 2.28 bits per heavy atom. The number of carbonyl (C=O) groups is 1. The quantitative estimate of drug-likeness (QED) is 0.741. The molecule has 0 spiro atoms. The molecule has 1 unspecified atom stereocenters. The molecule has 1 N–H and O–H groups in total. The lowest BCUT2D eigenvalue weighted by atomic mass is 10.3. The van der Waals surface area contributed by atoms with Crippen molar-refractivity contribution in [2.24, 2.45) is 0 Å². The van der Waals surface area contributed by atoms with Gasteiger partial charge in [-0.25, -0.2) is 4.98 Å². The van der Waals surface area contributed by atoms with Gasteiger partial charge in [0.25, 0.3) is 5.56 Å². The van der Waals surface area contributed by atoms with Gasteiger partial charge >= 0.3 is 6.18 Å². The maximum atomic E-state index is 12.0. The number of thiazole rings is 1. The van der Waals surface area contributed by atoms with Gasteiger partial charge in [-0.3, -0.25) is 14.0 Å². The standard InChI is InChI=1S/C14H16F3N3O3S2/c1-9(5-23-8-14(15,16)17)18-11(21)7-24-6-10-4-12(22)20-2-3-25-13(20)19-10/h2-4,9H,5-8H2,1H3,(H,18,21). The number of hydrogen-bond acceptors (Lipinski definition) is 6. The number of thioether (sulfide) groups is 1. The second-order valence-corrected chi connectivity index (χ2v) is 7.09. The van der Waals surface area contributed by atoms with E-state index in [1.807, 2.05) is 0 Å². The van der Waals surface area contributed by atoms with Crippen LogP contribution in [-0.2, 0) is 15.3 Å². The van der Waals surface area contributed by atoms with Gasteiger partial charge in [0.2, 0.25) is 5.91 Å². The molecule has 1 atom stereocenters. The molecule has 2 aromatic rings. The molecular formula is C14H16F3N3O3S2. The first kappa shape index (κ1) is 19.7. The first-order valence-electron chi connectivity index (χ1n) is 7.22. The molecule has 0 fully saturated rings. The Kier molecular flexibility index (Phi) is 6.85. The van der Waals surface area contributed by atoms with Crippen molar-refractivity contribution < 1.29 is 22.7 Å². The minimum Gasteiger partial charge on any atom is -0.370 e. The van der Waals surface area contributed by atoms with Gasteiger partial charge in [0, 0.05) is 29.4 Å². The van der Waals surface area contributed by atoms with Crippen LogP contribution >= 0.6 is 23.1 Å². The number of nitrogens with zero attached hydrogens (tertiary/aromatic N) is 2. The van der Waals surface area contributed by atoms with Crippen molar-refractivity contribution in [3.63, 3.8) is 0 Å². The van der Waals surface area contributed by atoms with E-state index in [0.29, 0.717) is 16.4 Å². The van der Waals surface area contributed by atoms with Crippen molar-refractivity contribution in [3.8, 4) is 0 Å². The minimum atomic E-state index is -4.38. The smallest absolute Gasteiger partial charge is 0.370 e. The van der Waals surface area contributed by atoms with Crippen molar-refractivity contribution in [2.75, 3.05) is 19.0 Å². The molecule has 0 aliphatic heterocycles. The summed E-state index contributed by atoms with van der Waals surface area (Å²) in [4.78, 5) is 28.5. The van der Waals surface area contributed by atoms with E-state index in [1.165, 1.54) is 33.6 Å². The van der Waals surface area contributed by atoms with Gasteiger partial charge in [-0.15, -0.1) is 23.1 Å².